The molecule has 0 amide bonds. The first kappa shape index (κ1) is 14.7. The molecule has 1 heterocycles. The quantitative estimate of drug-likeness (QED) is 0.855. The van der Waals surface area contributed by atoms with Crippen LogP contribution in [0.1, 0.15) is 37.3 Å². The van der Waals surface area contributed by atoms with Crippen LogP contribution >= 0.6 is 0 Å². The molecule has 1 aromatic carbocycles. The number of aromatic nitrogens is 4. The Balaban J connectivity index is 1.89. The molecule has 22 heavy (non-hydrogen) atoms. The molecule has 0 spiro atoms. The molecule has 116 valence electrons. The lowest BCUT2D eigenvalue weighted by Gasteiger charge is -2.18. The fourth-order valence-electron chi connectivity index (χ4n) is 2.52. The smallest absolute Gasteiger partial charge is 0.297 e. The van der Waals surface area contributed by atoms with Gasteiger partial charge in [0.25, 0.3) is 0 Å². The first-order chi connectivity index (χ1) is 10.4. The number of carbonyl (C=O) groups excluding carboxylic acids is 1. The number of tetrazole rings is 1. The molecule has 1 fully saturated rings. The van der Waals surface area contributed by atoms with Gasteiger partial charge >= 0.3 is 6.18 Å². The standard InChI is InChI=1S/C14H13F3N4O/c15-14(16,17)10-5-3-4-9(8-10)13-18-20-21(19-13)11-6-1-2-7-12(11)22/h3-5,8,11H,1-2,6-7H2. The first-order valence-corrected chi connectivity index (χ1v) is 6.95. The summed E-state index contributed by atoms with van der Waals surface area (Å²) < 4.78 is 38.2. The molecule has 1 aliphatic rings. The third-order valence-electron chi connectivity index (χ3n) is 3.68. The Labute approximate surface area is 124 Å². The Hall–Kier alpha value is -2.25. The van der Waals surface area contributed by atoms with Gasteiger partial charge in [0, 0.05) is 12.0 Å². The Morgan fingerprint density at radius 2 is 2.05 bits per heavy atom. The fraction of sp³-hybridized carbons (Fsp3) is 0.429. The summed E-state index contributed by atoms with van der Waals surface area (Å²) in [4.78, 5) is 13.1. The maximum Gasteiger partial charge on any atom is 0.416 e. The Kier molecular flexibility index (Phi) is 3.67. The van der Waals surface area contributed by atoms with Gasteiger partial charge in [0.1, 0.15) is 6.04 Å². The minimum Gasteiger partial charge on any atom is -0.297 e. The molecule has 3 rings (SSSR count). The van der Waals surface area contributed by atoms with E-state index in [-0.39, 0.29) is 17.2 Å². The average Bonchev–Trinajstić information content (AvgIpc) is 2.97. The lowest BCUT2D eigenvalue weighted by Crippen LogP contribution is -2.25. The molecule has 0 saturated heterocycles. The van der Waals surface area contributed by atoms with E-state index in [2.05, 4.69) is 15.4 Å². The van der Waals surface area contributed by atoms with Crippen LogP contribution in [0.15, 0.2) is 24.3 Å². The number of carbonyl (C=O) groups is 1. The van der Waals surface area contributed by atoms with E-state index in [4.69, 9.17) is 0 Å². The van der Waals surface area contributed by atoms with Gasteiger partial charge in [-0.25, -0.2) is 0 Å². The second-order valence-corrected chi connectivity index (χ2v) is 5.24. The molecule has 8 heteroatoms. The van der Waals surface area contributed by atoms with Crippen molar-refractivity contribution in [2.75, 3.05) is 0 Å². The zero-order chi connectivity index (χ0) is 15.7. The Morgan fingerprint density at radius 3 is 2.77 bits per heavy atom. The summed E-state index contributed by atoms with van der Waals surface area (Å²) in [5.74, 6) is 0.128. The molecule has 1 unspecified atom stereocenters. The number of hydrogen-bond acceptors (Lipinski definition) is 4. The van der Waals surface area contributed by atoms with Crippen molar-refractivity contribution in [3.63, 3.8) is 0 Å². The summed E-state index contributed by atoms with van der Waals surface area (Å²) in [7, 11) is 0. The lowest BCUT2D eigenvalue weighted by atomic mass is 9.95. The summed E-state index contributed by atoms with van der Waals surface area (Å²) in [5, 5.41) is 11.7. The van der Waals surface area contributed by atoms with Gasteiger partial charge in [-0.05, 0) is 30.2 Å². The summed E-state index contributed by atoms with van der Waals surface area (Å²) in [5.41, 5.74) is -0.542. The van der Waals surface area contributed by atoms with E-state index in [1.165, 1.54) is 16.9 Å². The largest absolute Gasteiger partial charge is 0.416 e. The molecule has 1 aliphatic carbocycles. The van der Waals surface area contributed by atoms with Gasteiger partial charge in [-0.1, -0.05) is 18.6 Å². The topological polar surface area (TPSA) is 60.7 Å². The highest BCUT2D eigenvalue weighted by Gasteiger charge is 2.31. The highest BCUT2D eigenvalue weighted by Crippen LogP contribution is 2.31. The second kappa shape index (κ2) is 5.51. The van der Waals surface area contributed by atoms with Crippen LogP contribution < -0.4 is 0 Å². The Morgan fingerprint density at radius 1 is 1.23 bits per heavy atom. The van der Waals surface area contributed by atoms with Crippen molar-refractivity contribution in [1.29, 1.82) is 0 Å². The Bertz CT molecular complexity index is 695. The van der Waals surface area contributed by atoms with Crippen LogP contribution in [0.4, 0.5) is 13.2 Å². The maximum absolute atomic E-state index is 12.7. The third-order valence-corrected chi connectivity index (χ3v) is 3.68. The molecular weight excluding hydrogens is 297 g/mol. The molecule has 1 aromatic heterocycles. The summed E-state index contributed by atoms with van der Waals surface area (Å²) >= 11 is 0. The lowest BCUT2D eigenvalue weighted by molar-refractivity contribution is -0.137. The van der Waals surface area contributed by atoms with Crippen molar-refractivity contribution in [3.05, 3.63) is 29.8 Å². The monoisotopic (exact) mass is 310 g/mol. The normalized spacial score (nSPS) is 19.4. The molecular formula is C14H13F3N4O. The fourth-order valence-corrected chi connectivity index (χ4v) is 2.52. The van der Waals surface area contributed by atoms with Crippen molar-refractivity contribution in [1.82, 2.24) is 20.2 Å². The highest BCUT2D eigenvalue weighted by atomic mass is 19.4. The van der Waals surface area contributed by atoms with Gasteiger partial charge in [-0.15, -0.1) is 10.2 Å². The van der Waals surface area contributed by atoms with Crippen LogP contribution in [0.3, 0.4) is 0 Å². The summed E-state index contributed by atoms with van der Waals surface area (Å²) in [6.07, 6.45) is -1.56. The molecule has 0 radical (unpaired) electrons. The number of nitrogens with zero attached hydrogens (tertiary/aromatic N) is 4. The van der Waals surface area contributed by atoms with Crippen LogP contribution in [-0.2, 0) is 11.0 Å². The van der Waals surface area contributed by atoms with Crippen molar-refractivity contribution in [2.24, 2.45) is 0 Å². The second-order valence-electron chi connectivity index (χ2n) is 5.24. The van der Waals surface area contributed by atoms with Gasteiger partial charge in [0.05, 0.1) is 5.56 Å². The van der Waals surface area contributed by atoms with Gasteiger partial charge in [0.2, 0.25) is 5.82 Å². The number of hydrogen-bond donors (Lipinski definition) is 0. The third kappa shape index (κ3) is 2.86. The van der Waals surface area contributed by atoms with Gasteiger partial charge in [-0.2, -0.15) is 18.0 Å². The van der Waals surface area contributed by atoms with Crippen LogP contribution in [0.5, 0.6) is 0 Å². The number of Topliss-reactive ketones (excluding diaryl/α,β-unsaturated/α-hetero) is 1. The van der Waals surface area contributed by atoms with E-state index in [0.29, 0.717) is 12.8 Å². The van der Waals surface area contributed by atoms with E-state index in [9.17, 15) is 18.0 Å². The number of alkyl halides is 3. The molecule has 0 N–H and O–H groups in total. The van der Waals surface area contributed by atoms with Crippen LogP contribution in [0.2, 0.25) is 0 Å². The van der Waals surface area contributed by atoms with Crippen molar-refractivity contribution < 1.29 is 18.0 Å². The maximum atomic E-state index is 12.7. The van der Waals surface area contributed by atoms with Gasteiger partial charge < -0.3 is 0 Å². The number of rotatable bonds is 2. The number of benzene rings is 1. The van der Waals surface area contributed by atoms with Crippen molar-refractivity contribution in [2.45, 2.75) is 37.9 Å². The van der Waals surface area contributed by atoms with Crippen LogP contribution in [0.25, 0.3) is 11.4 Å². The molecule has 0 aliphatic heterocycles. The summed E-state index contributed by atoms with van der Waals surface area (Å²) in [6.45, 7) is 0. The predicted octanol–water partition coefficient (Wildman–Crippen LogP) is 3.04. The molecule has 5 nitrogen and oxygen atoms in total. The molecule has 1 atom stereocenters. The van der Waals surface area contributed by atoms with Crippen molar-refractivity contribution in [3.8, 4) is 11.4 Å². The molecule has 1 saturated carbocycles. The summed E-state index contributed by atoms with van der Waals surface area (Å²) in [6, 6.07) is 4.28. The van der Waals surface area contributed by atoms with E-state index >= 15 is 0 Å². The number of ketones is 1. The van der Waals surface area contributed by atoms with E-state index < -0.39 is 17.8 Å². The van der Waals surface area contributed by atoms with Gasteiger partial charge in [-0.3, -0.25) is 4.79 Å². The van der Waals surface area contributed by atoms with Crippen molar-refractivity contribution >= 4 is 5.78 Å². The average molecular weight is 310 g/mol. The molecule has 0 bridgehead atoms. The van der Waals surface area contributed by atoms with Gasteiger partial charge in [0.15, 0.2) is 5.78 Å². The van der Waals surface area contributed by atoms with E-state index in [0.717, 1.165) is 25.0 Å². The van der Waals surface area contributed by atoms with Crippen LogP contribution in [-0.4, -0.2) is 26.0 Å². The highest BCUT2D eigenvalue weighted by molar-refractivity contribution is 5.82. The van der Waals surface area contributed by atoms with E-state index in [1.807, 2.05) is 0 Å². The SMILES string of the molecule is O=C1CCCCC1n1nnc(-c2cccc(C(F)(F)F)c2)n1. The molecule has 2 aromatic rings. The minimum absolute atomic E-state index is 0.0410. The van der Waals surface area contributed by atoms with Crippen LogP contribution in [0, 0.1) is 0 Å². The zero-order valence-corrected chi connectivity index (χ0v) is 11.5. The predicted molar refractivity (Wildman–Crippen MR) is 70.8 cm³/mol. The number of halogens is 3. The first-order valence-electron chi connectivity index (χ1n) is 6.95. The minimum atomic E-state index is -4.43. The zero-order valence-electron chi connectivity index (χ0n) is 11.5. The van der Waals surface area contributed by atoms with E-state index in [1.54, 1.807) is 0 Å².